The Morgan fingerprint density at radius 2 is 1.73 bits per heavy atom. The molecule has 0 aliphatic rings. The van der Waals surface area contributed by atoms with Gasteiger partial charge in [-0.1, -0.05) is 60.1 Å². The van der Waals surface area contributed by atoms with Crippen LogP contribution in [0.1, 0.15) is 0 Å². The highest BCUT2D eigenvalue weighted by atomic mass is 35.5. The maximum absolute atomic E-state index is 14.8. The molecule has 0 radical (unpaired) electrons. The summed E-state index contributed by atoms with van der Waals surface area (Å²) in [7, 11) is -4.15. The number of para-hydroxylation sites is 1. The average Bonchev–Trinajstić information content (AvgIpc) is 3.23. The van der Waals surface area contributed by atoms with Crippen molar-refractivity contribution < 1.29 is 17.5 Å². The van der Waals surface area contributed by atoms with E-state index in [9.17, 15) is 12.8 Å². The Bertz CT molecular complexity index is 1280. The molecule has 30 heavy (non-hydrogen) atoms. The molecule has 0 fully saturated rings. The van der Waals surface area contributed by atoms with Crippen LogP contribution in [0, 0.1) is 5.82 Å². The van der Waals surface area contributed by atoms with Crippen LogP contribution < -0.4 is 9.46 Å². The third kappa shape index (κ3) is 4.28. The van der Waals surface area contributed by atoms with Crippen LogP contribution in [0.25, 0.3) is 11.1 Å². The maximum Gasteiger partial charge on any atom is 0.265 e. The molecule has 4 aromatic rings. The molecule has 0 amide bonds. The van der Waals surface area contributed by atoms with E-state index in [1.54, 1.807) is 12.1 Å². The maximum atomic E-state index is 14.8. The van der Waals surface area contributed by atoms with Gasteiger partial charge in [-0.05, 0) is 17.7 Å². The summed E-state index contributed by atoms with van der Waals surface area (Å²) >= 11 is 7.00. The number of aromatic nitrogens is 2. The third-order valence-electron chi connectivity index (χ3n) is 4.05. The zero-order valence-electron chi connectivity index (χ0n) is 15.1. The Morgan fingerprint density at radius 1 is 1.00 bits per heavy atom. The highest BCUT2D eigenvalue weighted by Gasteiger charge is 2.23. The summed E-state index contributed by atoms with van der Waals surface area (Å²) in [5.74, 6) is -0.667. The van der Waals surface area contributed by atoms with Crippen LogP contribution in [0.15, 0.2) is 78.0 Å². The number of hydrogen-bond acceptors (Lipinski definition) is 6. The number of hydrogen-bond donors (Lipinski definition) is 1. The first-order valence-corrected chi connectivity index (χ1v) is 11.2. The Balaban J connectivity index is 1.67. The highest BCUT2D eigenvalue weighted by Crippen LogP contribution is 2.37. The van der Waals surface area contributed by atoms with Gasteiger partial charge >= 0.3 is 0 Å². The average molecular weight is 462 g/mol. The van der Waals surface area contributed by atoms with Crippen molar-refractivity contribution >= 4 is 38.3 Å². The van der Waals surface area contributed by atoms with Crippen LogP contribution >= 0.6 is 23.1 Å². The molecule has 1 N–H and O–H groups in total. The van der Waals surface area contributed by atoms with E-state index in [1.807, 2.05) is 42.5 Å². The first-order valence-electron chi connectivity index (χ1n) is 8.55. The number of anilines is 1. The molecule has 152 valence electrons. The number of nitrogens with one attached hydrogen (secondary N) is 1. The molecule has 0 saturated carbocycles. The first-order chi connectivity index (χ1) is 14.4. The molecular formula is C20H13ClFN3O3S2. The number of nitrogens with zero attached hydrogens (tertiary/aromatic N) is 2. The van der Waals surface area contributed by atoms with Crippen molar-refractivity contribution in [3.05, 3.63) is 83.9 Å². The number of benzene rings is 3. The molecule has 0 spiro atoms. The molecule has 4 rings (SSSR count). The van der Waals surface area contributed by atoms with E-state index in [4.69, 9.17) is 16.3 Å². The molecule has 3 aromatic carbocycles. The molecular weight excluding hydrogens is 449 g/mol. The fourth-order valence-electron chi connectivity index (χ4n) is 2.71. The van der Waals surface area contributed by atoms with Crippen molar-refractivity contribution in [2.45, 2.75) is 4.90 Å². The van der Waals surface area contributed by atoms with E-state index in [-0.39, 0.29) is 15.9 Å². The van der Waals surface area contributed by atoms with Gasteiger partial charge in [-0.25, -0.2) is 17.8 Å². The van der Waals surface area contributed by atoms with Gasteiger partial charge in [0.25, 0.3) is 10.0 Å². The standard InChI is InChI=1S/C20H13ClFN3O3S2/c21-15-10-18(16(22)11-19(15)30(26,27)25-20-23-12-24-29-20)28-17-9-5-4-8-14(17)13-6-2-1-3-7-13/h1-12H,(H,23,24,25). The van der Waals surface area contributed by atoms with Crippen molar-refractivity contribution in [3.63, 3.8) is 0 Å². The fraction of sp³-hybridized carbons (Fsp3) is 0. The second-order valence-electron chi connectivity index (χ2n) is 6.03. The van der Waals surface area contributed by atoms with Gasteiger partial charge in [0.15, 0.2) is 11.6 Å². The van der Waals surface area contributed by atoms with Crippen molar-refractivity contribution in [2.75, 3.05) is 4.72 Å². The normalized spacial score (nSPS) is 11.3. The van der Waals surface area contributed by atoms with Gasteiger partial charge in [0, 0.05) is 23.2 Å². The van der Waals surface area contributed by atoms with Crippen LogP contribution in [-0.4, -0.2) is 17.8 Å². The molecule has 10 heteroatoms. The van der Waals surface area contributed by atoms with Crippen LogP contribution in [0.2, 0.25) is 5.02 Å². The van der Waals surface area contributed by atoms with Gasteiger partial charge in [-0.15, -0.1) is 0 Å². The van der Waals surface area contributed by atoms with Gasteiger partial charge in [0.2, 0.25) is 5.13 Å². The van der Waals surface area contributed by atoms with E-state index in [0.717, 1.165) is 34.8 Å². The van der Waals surface area contributed by atoms with Gasteiger partial charge < -0.3 is 4.74 Å². The lowest BCUT2D eigenvalue weighted by Gasteiger charge is -2.14. The number of rotatable bonds is 6. The monoisotopic (exact) mass is 461 g/mol. The quantitative estimate of drug-likeness (QED) is 0.404. The summed E-state index contributed by atoms with van der Waals surface area (Å²) in [6.07, 6.45) is 1.20. The van der Waals surface area contributed by atoms with Gasteiger partial charge in [-0.3, -0.25) is 4.72 Å². The van der Waals surface area contributed by atoms with Crippen molar-refractivity contribution in [3.8, 4) is 22.6 Å². The topological polar surface area (TPSA) is 81.2 Å². The largest absolute Gasteiger partial charge is 0.454 e. The summed E-state index contributed by atoms with van der Waals surface area (Å²) in [4.78, 5) is 3.32. The minimum absolute atomic E-state index is 0.0450. The third-order valence-corrected chi connectivity index (χ3v) is 6.56. The van der Waals surface area contributed by atoms with Crippen LogP contribution in [0.3, 0.4) is 0 Å². The van der Waals surface area contributed by atoms with E-state index in [2.05, 4.69) is 14.1 Å². The smallest absolute Gasteiger partial charge is 0.265 e. The number of sulfonamides is 1. The molecule has 0 bridgehead atoms. The fourth-order valence-corrected chi connectivity index (χ4v) is 4.90. The van der Waals surface area contributed by atoms with Crippen molar-refractivity contribution in [1.82, 2.24) is 9.36 Å². The second-order valence-corrected chi connectivity index (χ2v) is 8.87. The predicted octanol–water partition coefficient (Wildman–Crippen LogP) is 5.59. The minimum Gasteiger partial charge on any atom is -0.454 e. The lowest BCUT2D eigenvalue weighted by Crippen LogP contribution is -2.13. The van der Waals surface area contributed by atoms with Gasteiger partial charge in [-0.2, -0.15) is 4.37 Å². The summed E-state index contributed by atoms with van der Waals surface area (Å²) in [5, 5.41) is -0.149. The first kappa shape index (κ1) is 20.3. The van der Waals surface area contributed by atoms with E-state index in [0.29, 0.717) is 5.75 Å². The van der Waals surface area contributed by atoms with Crippen LogP contribution in [0.4, 0.5) is 9.52 Å². The van der Waals surface area contributed by atoms with E-state index < -0.39 is 20.7 Å². The molecule has 1 heterocycles. The van der Waals surface area contributed by atoms with Crippen LogP contribution in [-0.2, 0) is 10.0 Å². The zero-order valence-corrected chi connectivity index (χ0v) is 17.5. The second kappa shape index (κ2) is 8.39. The molecule has 0 unspecified atom stereocenters. The summed E-state index contributed by atoms with van der Waals surface area (Å²) in [6.45, 7) is 0. The number of ether oxygens (including phenoxy) is 1. The van der Waals surface area contributed by atoms with Gasteiger partial charge in [0.1, 0.15) is 17.0 Å². The Hall–Kier alpha value is -3.01. The SMILES string of the molecule is O=S(=O)(Nc1ncns1)c1cc(F)c(Oc2ccccc2-c2ccccc2)cc1Cl. The zero-order chi connectivity index (χ0) is 21.1. The summed E-state index contributed by atoms with van der Waals surface area (Å²) < 4.78 is 51.5. The van der Waals surface area contributed by atoms with Gasteiger partial charge in [0.05, 0.1) is 5.02 Å². The van der Waals surface area contributed by atoms with Crippen molar-refractivity contribution in [1.29, 1.82) is 0 Å². The molecule has 0 aliphatic heterocycles. The number of halogens is 2. The lowest BCUT2D eigenvalue weighted by atomic mass is 10.0. The minimum atomic E-state index is -4.15. The Morgan fingerprint density at radius 3 is 2.47 bits per heavy atom. The molecule has 0 aliphatic carbocycles. The Kier molecular flexibility index (Phi) is 5.67. The highest BCUT2D eigenvalue weighted by molar-refractivity contribution is 7.93. The molecule has 6 nitrogen and oxygen atoms in total. The predicted molar refractivity (Wildman–Crippen MR) is 114 cm³/mol. The van der Waals surface area contributed by atoms with E-state index in [1.165, 1.54) is 6.33 Å². The molecule has 1 aromatic heterocycles. The summed E-state index contributed by atoms with van der Waals surface area (Å²) in [5.41, 5.74) is 1.64. The van der Waals surface area contributed by atoms with E-state index >= 15 is 0 Å². The Labute approximate surface area is 181 Å². The molecule has 0 atom stereocenters. The summed E-state index contributed by atoms with van der Waals surface area (Å²) in [6, 6.07) is 18.5. The lowest BCUT2D eigenvalue weighted by molar-refractivity contribution is 0.442. The van der Waals surface area contributed by atoms with Crippen molar-refractivity contribution in [2.24, 2.45) is 0 Å². The van der Waals surface area contributed by atoms with Crippen LogP contribution in [0.5, 0.6) is 11.5 Å². The molecule has 0 saturated heterocycles.